The molecular weight excluding hydrogens is 836 g/mol. The zero-order valence-corrected chi connectivity index (χ0v) is 33.7. The van der Waals surface area contributed by atoms with Crippen molar-refractivity contribution in [1.29, 1.82) is 0 Å². The van der Waals surface area contributed by atoms with E-state index in [4.69, 9.17) is 42.6 Å². The number of carbonyl (C=O) groups is 4. The van der Waals surface area contributed by atoms with Crippen LogP contribution in [-0.4, -0.2) is 113 Å². The van der Waals surface area contributed by atoms with Crippen LogP contribution >= 0.6 is 31.9 Å². The molecule has 0 bridgehead atoms. The van der Waals surface area contributed by atoms with E-state index in [0.29, 0.717) is 61.2 Å². The highest BCUT2D eigenvalue weighted by molar-refractivity contribution is 9.10. The first kappa shape index (κ1) is 44.0. The van der Waals surface area contributed by atoms with Crippen LogP contribution in [0, 0.1) is 0 Å². The fourth-order valence-electron chi connectivity index (χ4n) is 4.71. The molecule has 0 fully saturated rings. The van der Waals surface area contributed by atoms with E-state index in [0.717, 1.165) is 0 Å². The Bertz CT molecular complexity index is 1820. The molecule has 0 N–H and O–H groups in total. The van der Waals surface area contributed by atoms with E-state index in [1.807, 2.05) is 0 Å². The highest BCUT2D eigenvalue weighted by Gasteiger charge is 2.20. The average molecular weight is 879 g/mol. The van der Waals surface area contributed by atoms with Gasteiger partial charge in [0.15, 0.2) is 6.29 Å². The third-order valence-electron chi connectivity index (χ3n) is 7.45. The molecule has 0 aromatic heterocycles. The van der Waals surface area contributed by atoms with E-state index in [-0.39, 0.29) is 62.9 Å². The summed E-state index contributed by atoms with van der Waals surface area (Å²) in [6.45, 7) is 1.24. The topological polar surface area (TPSA) is 151 Å². The third-order valence-corrected chi connectivity index (χ3v) is 8.79. The van der Waals surface area contributed by atoms with Crippen LogP contribution in [0.5, 0.6) is 11.5 Å². The number of carbonyl (C=O) groups excluding carboxylic acids is 4. The number of hydrogen-bond acceptors (Lipinski definition) is 13. The second-order valence-electron chi connectivity index (χ2n) is 11.0. The van der Waals surface area contributed by atoms with Crippen molar-refractivity contribution in [1.82, 2.24) is 0 Å². The molecule has 3 aromatic carbocycles. The average Bonchev–Trinajstić information content (AvgIpc) is 3.17. The molecule has 0 heterocycles. The Balaban J connectivity index is 2.13. The summed E-state index contributed by atoms with van der Waals surface area (Å²) in [4.78, 5) is 50.9. The van der Waals surface area contributed by atoms with Gasteiger partial charge in [-0.1, -0.05) is 40.2 Å². The van der Waals surface area contributed by atoms with Gasteiger partial charge in [-0.2, -0.15) is 0 Å². The van der Waals surface area contributed by atoms with Crippen molar-refractivity contribution in [3.05, 3.63) is 89.9 Å². The largest absolute Gasteiger partial charge is 0.496 e. The summed E-state index contributed by atoms with van der Waals surface area (Å²) in [5, 5.41) is 0. The normalized spacial score (nSPS) is 11.2. The van der Waals surface area contributed by atoms with E-state index < -0.39 is 17.9 Å². The lowest BCUT2D eigenvalue weighted by molar-refractivity contribution is 0.0375. The smallest absolute Gasteiger partial charge is 0.339 e. The Hall–Kier alpha value is -4.38. The van der Waals surface area contributed by atoms with Gasteiger partial charge in [-0.05, 0) is 63.5 Å². The lowest BCUT2D eigenvalue weighted by Gasteiger charge is -2.14. The minimum absolute atomic E-state index is 0.0229. The second-order valence-corrected chi connectivity index (χ2v) is 12.7. The summed E-state index contributed by atoms with van der Waals surface area (Å²) in [5.41, 5.74) is 2.83. The highest BCUT2D eigenvalue weighted by atomic mass is 79.9. The molecule has 3 rings (SSSR count). The molecule has 0 aliphatic carbocycles. The van der Waals surface area contributed by atoms with Gasteiger partial charge in [0.2, 0.25) is 0 Å². The molecule has 3 aromatic rings. The van der Waals surface area contributed by atoms with Gasteiger partial charge in [0.25, 0.3) is 0 Å². The first-order valence-electron chi connectivity index (χ1n) is 16.4. The minimum atomic E-state index is -0.629. The molecule has 54 heavy (non-hydrogen) atoms. The Morgan fingerprint density at radius 3 is 1.41 bits per heavy atom. The van der Waals surface area contributed by atoms with Crippen LogP contribution in [0.1, 0.15) is 63.7 Å². The van der Waals surface area contributed by atoms with Crippen molar-refractivity contribution in [2.24, 2.45) is 0 Å². The Labute approximate surface area is 330 Å². The van der Waals surface area contributed by atoms with E-state index in [9.17, 15) is 19.2 Å². The zero-order chi connectivity index (χ0) is 39.5. The molecule has 0 amide bonds. The molecule has 0 saturated carbocycles. The lowest BCUT2D eigenvalue weighted by atomic mass is 10.0. The van der Waals surface area contributed by atoms with Gasteiger partial charge in [-0.25, -0.2) is 14.4 Å². The summed E-state index contributed by atoms with van der Waals surface area (Å²) in [7, 11) is 7.54. The van der Waals surface area contributed by atoms with E-state index in [1.54, 1.807) is 49.6 Å². The van der Waals surface area contributed by atoms with Crippen LogP contribution in [0.25, 0.3) is 24.3 Å². The fourth-order valence-corrected chi connectivity index (χ4v) is 5.65. The number of ether oxygens (including phenoxy) is 9. The Kier molecular flexibility index (Phi) is 19.1. The minimum Gasteiger partial charge on any atom is -0.496 e. The van der Waals surface area contributed by atoms with Gasteiger partial charge < -0.3 is 42.6 Å². The molecule has 0 spiro atoms. The van der Waals surface area contributed by atoms with Gasteiger partial charge in [-0.3, -0.25) is 4.79 Å². The standard InChI is InChI=1S/C39H42Br2O13/c1-46-10-14-51-36-21-27(8-7-26-19-32(39(45)54-17-13-49-4)34(41)23-31(26)38(44)53-16-12-48-3)35(50-5)20-28(36)9-6-25-18-29(24-42)33(40)22-30(25)37(43)52-15-11-47-2/h6-9,18-24H,10-17H2,1-5H3/b8-7+,9-6+. The molecule has 0 atom stereocenters. The number of halogens is 2. The lowest BCUT2D eigenvalue weighted by Crippen LogP contribution is -2.14. The predicted octanol–water partition coefficient (Wildman–Crippen LogP) is 6.81. The first-order valence-corrected chi connectivity index (χ1v) is 18.0. The number of methoxy groups -OCH3 is 5. The van der Waals surface area contributed by atoms with Crippen LogP contribution in [0.3, 0.4) is 0 Å². The summed E-state index contributed by atoms with van der Waals surface area (Å²) in [6.07, 6.45) is 7.39. The Morgan fingerprint density at radius 2 is 0.907 bits per heavy atom. The van der Waals surface area contributed by atoms with E-state index in [1.165, 1.54) is 46.6 Å². The maximum Gasteiger partial charge on any atom is 0.339 e. The summed E-state index contributed by atoms with van der Waals surface area (Å²) >= 11 is 6.73. The molecule has 13 nitrogen and oxygen atoms in total. The SMILES string of the molecule is COCCOC(=O)c1cc(/C=C/c2cc(OCCOC)c(/C=C/c3cc(C=O)c(Br)cc3C(=O)OCCOC)cc2OC)c(C(=O)OCCOC)cc1Br. The summed E-state index contributed by atoms with van der Waals surface area (Å²) in [6, 6.07) is 9.57. The quantitative estimate of drug-likeness (QED) is 0.0342. The molecule has 0 radical (unpaired) electrons. The Morgan fingerprint density at radius 1 is 0.481 bits per heavy atom. The molecule has 0 aliphatic rings. The molecular formula is C39H42Br2O13. The molecule has 0 unspecified atom stereocenters. The van der Waals surface area contributed by atoms with Crippen LogP contribution in [0.4, 0.5) is 0 Å². The number of aldehydes is 1. The zero-order valence-electron chi connectivity index (χ0n) is 30.6. The number of esters is 3. The van der Waals surface area contributed by atoms with Crippen LogP contribution in [-0.2, 0) is 33.2 Å². The van der Waals surface area contributed by atoms with Gasteiger partial charge in [0.1, 0.15) is 37.9 Å². The van der Waals surface area contributed by atoms with Crippen molar-refractivity contribution in [2.75, 3.05) is 88.4 Å². The van der Waals surface area contributed by atoms with Gasteiger partial charge >= 0.3 is 17.9 Å². The first-order chi connectivity index (χ1) is 26.1. The third kappa shape index (κ3) is 12.9. The van der Waals surface area contributed by atoms with Crippen molar-refractivity contribution in [2.45, 2.75) is 0 Å². The summed E-state index contributed by atoms with van der Waals surface area (Å²) < 4.78 is 48.8. The molecule has 15 heteroatoms. The predicted molar refractivity (Wildman–Crippen MR) is 208 cm³/mol. The maximum atomic E-state index is 13.2. The molecule has 0 saturated heterocycles. The summed E-state index contributed by atoms with van der Waals surface area (Å²) in [5.74, 6) is -0.990. The fraction of sp³-hybridized carbons (Fsp3) is 0.333. The van der Waals surface area contributed by atoms with E-state index in [2.05, 4.69) is 31.9 Å². The van der Waals surface area contributed by atoms with Crippen molar-refractivity contribution >= 4 is 80.4 Å². The maximum absolute atomic E-state index is 13.2. The number of benzene rings is 3. The van der Waals surface area contributed by atoms with Crippen LogP contribution in [0.15, 0.2) is 45.3 Å². The monoisotopic (exact) mass is 876 g/mol. The number of rotatable bonds is 22. The van der Waals surface area contributed by atoms with Crippen molar-refractivity contribution < 1.29 is 61.8 Å². The van der Waals surface area contributed by atoms with Gasteiger partial charge in [0.05, 0.1) is 50.2 Å². The van der Waals surface area contributed by atoms with E-state index >= 15 is 0 Å². The molecule has 0 aliphatic heterocycles. The second kappa shape index (κ2) is 23.4. The number of hydrogen-bond donors (Lipinski definition) is 0. The van der Waals surface area contributed by atoms with Gasteiger partial charge in [-0.15, -0.1) is 0 Å². The molecule has 290 valence electrons. The van der Waals surface area contributed by atoms with Crippen LogP contribution < -0.4 is 9.47 Å². The van der Waals surface area contributed by atoms with Crippen molar-refractivity contribution in [3.8, 4) is 11.5 Å². The van der Waals surface area contributed by atoms with Gasteiger partial charge in [0, 0.05) is 54.1 Å². The van der Waals surface area contributed by atoms with Crippen LogP contribution in [0.2, 0.25) is 0 Å². The highest BCUT2D eigenvalue weighted by Crippen LogP contribution is 2.34. The van der Waals surface area contributed by atoms with Crippen molar-refractivity contribution in [3.63, 3.8) is 0 Å².